The van der Waals surface area contributed by atoms with Crippen LogP contribution in [0.5, 0.6) is 0 Å². The first kappa shape index (κ1) is 30.9. The summed E-state index contributed by atoms with van der Waals surface area (Å²) in [7, 11) is -1.83. The number of aromatic nitrogens is 1. The van der Waals surface area contributed by atoms with Crippen LogP contribution in [-0.2, 0) is 22.1 Å². The number of thiophene rings is 1. The number of likely N-dealkylation sites (N-methyl/N-ethyl adjacent to an activating group) is 1. The molecule has 0 amide bonds. The summed E-state index contributed by atoms with van der Waals surface area (Å²) in [6.45, 7) is 9.09. The van der Waals surface area contributed by atoms with Crippen LogP contribution in [0.25, 0.3) is 34.5 Å². The van der Waals surface area contributed by atoms with E-state index >= 15 is 0 Å². The lowest BCUT2D eigenvalue weighted by Crippen LogP contribution is -2.35. The lowest BCUT2D eigenvalue weighted by Gasteiger charge is -2.23. The SMILES string of the molecule is C=Cc1ccc2sc(/C=C/C=C3\N(C)c4cc(/C=C/C=C/c5cccs5)ccc4C3(C)C)[n+](CCCCS(=O)(=O)O)c2c1. The van der Waals surface area contributed by atoms with Gasteiger partial charge in [0.25, 0.3) is 15.1 Å². The minimum absolute atomic E-state index is 0.152. The van der Waals surface area contributed by atoms with Crippen molar-refractivity contribution < 1.29 is 17.5 Å². The Morgan fingerprint density at radius 3 is 2.53 bits per heavy atom. The minimum Gasteiger partial charge on any atom is -0.347 e. The number of hydrogen-bond donors (Lipinski definition) is 1. The predicted octanol–water partition coefficient (Wildman–Crippen LogP) is 8.61. The number of hydrogen-bond acceptors (Lipinski definition) is 5. The lowest BCUT2D eigenvalue weighted by atomic mass is 9.83. The first-order valence-corrected chi connectivity index (χ1v) is 17.6. The largest absolute Gasteiger partial charge is 0.347 e. The number of thiazole rings is 1. The summed E-state index contributed by atoms with van der Waals surface area (Å²) in [5.74, 6) is -0.226. The highest BCUT2D eigenvalue weighted by Crippen LogP contribution is 2.47. The molecule has 0 unspecified atom stereocenters. The summed E-state index contributed by atoms with van der Waals surface area (Å²) in [6.07, 6.45) is 17.7. The molecule has 1 aliphatic rings. The molecule has 0 bridgehead atoms. The van der Waals surface area contributed by atoms with Crippen LogP contribution in [0.15, 0.2) is 90.5 Å². The van der Waals surface area contributed by atoms with Crippen LogP contribution in [0.2, 0.25) is 0 Å². The second kappa shape index (κ2) is 13.0. The van der Waals surface area contributed by atoms with E-state index < -0.39 is 10.1 Å². The molecule has 0 fully saturated rings. The number of aryl methyl sites for hydroxylation is 1. The molecule has 5 rings (SSSR count). The molecule has 0 saturated carbocycles. The molecule has 1 aliphatic heterocycles. The van der Waals surface area contributed by atoms with Gasteiger partial charge in [-0.15, -0.1) is 11.3 Å². The van der Waals surface area contributed by atoms with E-state index in [1.54, 1.807) is 22.7 Å². The molecule has 222 valence electrons. The van der Waals surface area contributed by atoms with Crippen molar-refractivity contribution in [3.8, 4) is 0 Å². The van der Waals surface area contributed by atoms with Crippen molar-refractivity contribution >= 4 is 73.0 Å². The van der Waals surface area contributed by atoms with Crippen molar-refractivity contribution in [1.29, 1.82) is 0 Å². The Hall–Kier alpha value is -3.56. The number of anilines is 1. The number of nitrogens with zero attached hydrogens (tertiary/aromatic N) is 2. The Kier molecular flexibility index (Phi) is 9.32. The van der Waals surface area contributed by atoms with Crippen LogP contribution in [0.1, 0.15) is 53.3 Å². The van der Waals surface area contributed by atoms with E-state index in [1.807, 2.05) is 6.08 Å². The van der Waals surface area contributed by atoms with E-state index in [9.17, 15) is 8.42 Å². The van der Waals surface area contributed by atoms with Crippen LogP contribution < -0.4 is 9.47 Å². The van der Waals surface area contributed by atoms with Gasteiger partial charge in [0.2, 0.25) is 5.52 Å². The van der Waals surface area contributed by atoms with Gasteiger partial charge in [-0.1, -0.05) is 86.4 Å². The van der Waals surface area contributed by atoms with E-state index in [2.05, 4.69) is 133 Å². The highest BCUT2D eigenvalue weighted by atomic mass is 32.2. The van der Waals surface area contributed by atoms with E-state index in [1.165, 1.54) is 21.8 Å². The van der Waals surface area contributed by atoms with Crippen LogP contribution in [0, 0.1) is 0 Å². The monoisotopic (exact) mass is 629 g/mol. The third-order valence-corrected chi connectivity index (χ3v) is 10.6. The zero-order valence-electron chi connectivity index (χ0n) is 24.7. The molecule has 1 N–H and O–H groups in total. The number of unbranched alkanes of at least 4 members (excludes halogenated alkanes) is 1. The minimum atomic E-state index is -3.96. The fourth-order valence-electron chi connectivity index (χ4n) is 5.54. The summed E-state index contributed by atoms with van der Waals surface area (Å²) in [6, 6.07) is 17.1. The van der Waals surface area contributed by atoms with E-state index in [-0.39, 0.29) is 11.2 Å². The van der Waals surface area contributed by atoms with Crippen molar-refractivity contribution in [1.82, 2.24) is 0 Å². The summed E-state index contributed by atoms with van der Waals surface area (Å²) in [4.78, 5) is 3.52. The van der Waals surface area contributed by atoms with Crippen molar-refractivity contribution in [2.45, 2.75) is 38.6 Å². The second-order valence-corrected chi connectivity index (χ2v) is 14.7. The van der Waals surface area contributed by atoms with Gasteiger partial charge in [-0.25, -0.2) is 0 Å². The number of allylic oxidation sites excluding steroid dienone is 5. The first-order chi connectivity index (χ1) is 20.6. The molecule has 0 radical (unpaired) electrons. The van der Waals surface area contributed by atoms with Crippen molar-refractivity contribution in [2.75, 3.05) is 17.7 Å². The van der Waals surface area contributed by atoms with Gasteiger partial charge in [-0.2, -0.15) is 13.0 Å². The van der Waals surface area contributed by atoms with Gasteiger partial charge in [0.1, 0.15) is 4.70 Å². The molecule has 5 nitrogen and oxygen atoms in total. The highest BCUT2D eigenvalue weighted by Gasteiger charge is 2.38. The average Bonchev–Trinajstić information content (AvgIpc) is 3.66. The number of fused-ring (bicyclic) bond motifs is 2. The Morgan fingerprint density at radius 1 is 1.00 bits per heavy atom. The Balaban J connectivity index is 1.38. The standard InChI is InChI=1S/C35H36N2O3S3/c1-5-26-18-20-32-31(24-26)37(21-8-9-23-43(38,39)40)34(42-32)16-10-15-33-35(2,3)29-19-17-27(25-30(29)36(33)4)12-6-7-13-28-14-11-22-41-28/h5-7,10-20,22,24-25H,1,8-9,21,23H2,2-4H3/p+1/b12-6+,13-7+. The highest BCUT2D eigenvalue weighted by molar-refractivity contribution is 7.85. The lowest BCUT2D eigenvalue weighted by molar-refractivity contribution is -0.669. The van der Waals surface area contributed by atoms with E-state index in [4.69, 9.17) is 4.55 Å². The zero-order chi connectivity index (χ0) is 30.6. The molecule has 2 aromatic heterocycles. The van der Waals surface area contributed by atoms with Gasteiger partial charge in [-0.05, 0) is 58.8 Å². The smallest absolute Gasteiger partial charge is 0.264 e. The maximum absolute atomic E-state index is 11.2. The third kappa shape index (κ3) is 7.16. The fourth-order valence-corrected chi connectivity index (χ4v) is 7.82. The van der Waals surface area contributed by atoms with Gasteiger partial charge in [0, 0.05) is 47.3 Å². The van der Waals surface area contributed by atoms with Crippen LogP contribution in [0.4, 0.5) is 5.69 Å². The molecule has 3 heterocycles. The molecular weight excluding hydrogens is 593 g/mol. The summed E-state index contributed by atoms with van der Waals surface area (Å²) in [5.41, 5.74) is 6.86. The molecule has 0 spiro atoms. The summed E-state index contributed by atoms with van der Waals surface area (Å²) < 4.78 is 35.0. The van der Waals surface area contributed by atoms with Gasteiger partial charge in [0.15, 0.2) is 6.54 Å². The quantitative estimate of drug-likeness (QED) is 0.0781. The van der Waals surface area contributed by atoms with Crippen molar-refractivity contribution in [3.05, 3.63) is 117 Å². The van der Waals surface area contributed by atoms with Crippen LogP contribution in [-0.4, -0.2) is 25.8 Å². The first-order valence-electron chi connectivity index (χ1n) is 14.3. The van der Waals surface area contributed by atoms with Gasteiger partial charge >= 0.3 is 0 Å². The molecule has 0 aliphatic carbocycles. The molecule has 8 heteroatoms. The maximum atomic E-state index is 11.2. The topological polar surface area (TPSA) is 61.5 Å². The average molecular weight is 630 g/mol. The fraction of sp³-hybridized carbons (Fsp3) is 0.229. The predicted molar refractivity (Wildman–Crippen MR) is 185 cm³/mol. The van der Waals surface area contributed by atoms with E-state index in [0.29, 0.717) is 19.4 Å². The number of rotatable bonds is 11. The molecular formula is C35H37N2O3S3+. The molecule has 0 atom stereocenters. The normalized spacial score (nSPS) is 16.0. The van der Waals surface area contributed by atoms with Gasteiger partial charge < -0.3 is 4.90 Å². The third-order valence-electron chi connectivity index (χ3n) is 7.78. The van der Waals surface area contributed by atoms with Gasteiger partial charge in [-0.3, -0.25) is 4.55 Å². The molecule has 43 heavy (non-hydrogen) atoms. The second-order valence-electron chi connectivity index (χ2n) is 11.1. The van der Waals surface area contributed by atoms with Gasteiger partial charge in [0.05, 0.1) is 5.75 Å². The van der Waals surface area contributed by atoms with E-state index in [0.717, 1.165) is 26.4 Å². The molecule has 0 saturated heterocycles. The Bertz CT molecular complexity index is 1860. The molecule has 2 aromatic carbocycles. The van der Waals surface area contributed by atoms with Crippen LogP contribution in [0.3, 0.4) is 0 Å². The van der Waals surface area contributed by atoms with Crippen molar-refractivity contribution in [2.24, 2.45) is 0 Å². The number of benzene rings is 2. The zero-order valence-corrected chi connectivity index (χ0v) is 27.2. The Labute approximate surface area is 262 Å². The maximum Gasteiger partial charge on any atom is 0.264 e. The summed E-state index contributed by atoms with van der Waals surface area (Å²) in [5, 5.41) is 3.16. The molecule has 4 aromatic rings. The Morgan fingerprint density at radius 2 is 1.79 bits per heavy atom. The van der Waals surface area contributed by atoms with Crippen molar-refractivity contribution in [3.63, 3.8) is 0 Å². The van der Waals surface area contributed by atoms with Crippen LogP contribution >= 0.6 is 22.7 Å². The summed E-state index contributed by atoms with van der Waals surface area (Å²) >= 11 is 3.43.